The molecule has 0 aliphatic heterocycles. The van der Waals surface area contributed by atoms with Crippen LogP contribution in [0.1, 0.15) is 0 Å². The van der Waals surface area contributed by atoms with E-state index in [-0.39, 0.29) is 0 Å². The van der Waals surface area contributed by atoms with E-state index < -0.39 is 16.1 Å². The second-order valence-corrected chi connectivity index (χ2v) is 26.0. The van der Waals surface area contributed by atoms with Crippen LogP contribution in [0.25, 0.3) is 65.0 Å². The van der Waals surface area contributed by atoms with Crippen LogP contribution < -0.4 is 15.3 Å². The molecule has 0 unspecified atom stereocenters. The van der Waals surface area contributed by atoms with Crippen LogP contribution in [0.5, 0.6) is 0 Å². The number of fused-ring (bicyclic) bond motifs is 9. The Balaban J connectivity index is 1.43. The zero-order valence-electron chi connectivity index (χ0n) is 29.6. The molecule has 0 N–H and O–H groups in total. The van der Waals surface area contributed by atoms with Crippen LogP contribution in [-0.2, 0) is 0 Å². The Bertz CT molecular complexity index is 2660. The minimum Gasteiger partial charge on any atom is -0.454 e. The first-order chi connectivity index (χ1) is 24.1. The molecule has 9 aromatic rings. The summed E-state index contributed by atoms with van der Waals surface area (Å²) in [4.78, 5) is 2.48. The number of nitrogens with zero attached hydrogens (tertiary/aromatic N) is 1. The maximum Gasteiger partial charge on any atom is 0.159 e. The minimum atomic E-state index is -1.52. The lowest BCUT2D eigenvalue weighted by molar-refractivity contribution is 0.669. The van der Waals surface area contributed by atoms with Crippen molar-refractivity contribution < 1.29 is 4.42 Å². The van der Waals surface area contributed by atoms with Gasteiger partial charge in [-0.25, -0.2) is 0 Å². The van der Waals surface area contributed by atoms with Gasteiger partial charge in [-0.1, -0.05) is 165 Å². The van der Waals surface area contributed by atoms with Gasteiger partial charge in [0, 0.05) is 21.5 Å². The second-order valence-electron chi connectivity index (χ2n) is 15.8. The first-order valence-electron chi connectivity index (χ1n) is 17.7. The number of rotatable bonds is 5. The molecule has 9 rings (SSSR count). The molecule has 2 nitrogen and oxygen atoms in total. The van der Waals surface area contributed by atoms with Gasteiger partial charge in [-0.2, -0.15) is 0 Å². The van der Waals surface area contributed by atoms with E-state index in [1.165, 1.54) is 53.5 Å². The van der Waals surface area contributed by atoms with Gasteiger partial charge in [0.25, 0.3) is 0 Å². The molecular weight excluding hydrogens is 639 g/mol. The topological polar surface area (TPSA) is 16.4 Å². The minimum absolute atomic E-state index is 0.894. The predicted molar refractivity (Wildman–Crippen MR) is 224 cm³/mol. The van der Waals surface area contributed by atoms with Crippen molar-refractivity contribution in [3.8, 4) is 0 Å². The van der Waals surface area contributed by atoms with Crippen LogP contribution in [0.3, 0.4) is 0 Å². The third kappa shape index (κ3) is 4.89. The molecule has 50 heavy (non-hydrogen) atoms. The van der Waals surface area contributed by atoms with Crippen molar-refractivity contribution >= 4 is 109 Å². The highest BCUT2D eigenvalue weighted by atomic mass is 28.3. The summed E-state index contributed by atoms with van der Waals surface area (Å²) in [5, 5.41) is 15.3. The largest absolute Gasteiger partial charge is 0.454 e. The third-order valence-corrected chi connectivity index (χ3v) is 14.6. The Kier molecular flexibility index (Phi) is 6.90. The van der Waals surface area contributed by atoms with Crippen molar-refractivity contribution in [2.24, 2.45) is 0 Å². The summed E-state index contributed by atoms with van der Waals surface area (Å²) in [7, 11) is -3.04. The van der Waals surface area contributed by atoms with E-state index in [4.69, 9.17) is 4.42 Å². The Morgan fingerprint density at radius 1 is 0.380 bits per heavy atom. The van der Waals surface area contributed by atoms with Crippen molar-refractivity contribution in [2.45, 2.75) is 39.3 Å². The van der Waals surface area contributed by atoms with Gasteiger partial charge in [0.15, 0.2) is 5.58 Å². The van der Waals surface area contributed by atoms with E-state index >= 15 is 0 Å². The highest BCUT2D eigenvalue weighted by Gasteiger charge is 2.25. The summed E-state index contributed by atoms with van der Waals surface area (Å²) in [5.41, 5.74) is 5.12. The molecule has 0 aliphatic carbocycles. The average molecular weight is 680 g/mol. The molecule has 0 saturated carbocycles. The maximum atomic E-state index is 6.78. The van der Waals surface area contributed by atoms with Gasteiger partial charge >= 0.3 is 0 Å². The first-order valence-corrected chi connectivity index (χ1v) is 24.7. The normalized spacial score (nSPS) is 12.6. The van der Waals surface area contributed by atoms with Crippen molar-refractivity contribution in [1.29, 1.82) is 0 Å². The second kappa shape index (κ2) is 11.2. The molecule has 8 aromatic carbocycles. The van der Waals surface area contributed by atoms with Crippen LogP contribution in [0.2, 0.25) is 39.3 Å². The zero-order chi connectivity index (χ0) is 34.4. The highest BCUT2D eigenvalue weighted by molar-refractivity contribution is 6.89. The van der Waals surface area contributed by atoms with Gasteiger partial charge in [-0.15, -0.1) is 0 Å². The van der Waals surface area contributed by atoms with E-state index in [1.807, 2.05) is 0 Å². The number of para-hydroxylation sites is 2. The van der Waals surface area contributed by atoms with Crippen molar-refractivity contribution in [1.82, 2.24) is 0 Å². The molecule has 0 atom stereocenters. The maximum absolute atomic E-state index is 6.78. The van der Waals surface area contributed by atoms with Crippen LogP contribution in [0, 0.1) is 0 Å². The van der Waals surface area contributed by atoms with Crippen molar-refractivity contribution in [3.05, 3.63) is 140 Å². The first kappa shape index (κ1) is 30.9. The molecule has 0 saturated heterocycles. The van der Waals surface area contributed by atoms with Crippen molar-refractivity contribution in [3.63, 3.8) is 0 Å². The van der Waals surface area contributed by atoms with E-state index in [0.29, 0.717) is 0 Å². The molecule has 0 amide bonds. The lowest BCUT2D eigenvalue weighted by Gasteiger charge is -2.29. The summed E-state index contributed by atoms with van der Waals surface area (Å²) in [5.74, 6) is 0. The highest BCUT2D eigenvalue weighted by Crippen LogP contribution is 2.48. The summed E-state index contributed by atoms with van der Waals surface area (Å²) in [6.07, 6.45) is 0. The van der Waals surface area contributed by atoms with Crippen molar-refractivity contribution in [2.75, 3.05) is 4.90 Å². The quantitative estimate of drug-likeness (QED) is 0.133. The van der Waals surface area contributed by atoms with Gasteiger partial charge in [0.1, 0.15) is 5.58 Å². The summed E-state index contributed by atoms with van der Waals surface area (Å²) in [6, 6.07) is 52.0. The fourth-order valence-corrected chi connectivity index (χ4v) is 10.1. The third-order valence-electron chi connectivity index (χ3n) is 10.5. The van der Waals surface area contributed by atoms with E-state index in [9.17, 15) is 0 Å². The average Bonchev–Trinajstić information content (AvgIpc) is 3.50. The van der Waals surface area contributed by atoms with E-state index in [0.717, 1.165) is 39.0 Å². The van der Waals surface area contributed by atoms with Crippen LogP contribution in [0.15, 0.2) is 144 Å². The fraction of sp³-hybridized carbons (Fsp3) is 0.130. The Morgan fingerprint density at radius 2 is 0.840 bits per heavy atom. The molecule has 244 valence electrons. The molecular formula is C46H41NOSi2. The van der Waals surface area contributed by atoms with Gasteiger partial charge in [0.2, 0.25) is 0 Å². The number of anilines is 3. The van der Waals surface area contributed by atoms with Gasteiger partial charge in [-0.3, -0.25) is 0 Å². The molecule has 4 heteroatoms. The van der Waals surface area contributed by atoms with Gasteiger partial charge in [-0.05, 0) is 56.6 Å². The standard InChI is InChI=1S/C46H41NOSi2/c1-49(2,3)32-24-22-30-26-43(36-16-9-7-14-34(36)40(30)28-32)47(42-20-13-19-39-38-18-11-12-21-45(38)48-46(39)42)44-27-31-23-25-33(50(4,5)6)29-41(31)35-15-8-10-17-37(35)44/h7-29H,1-6H3. The number of benzene rings is 8. The monoisotopic (exact) mass is 679 g/mol. The number of hydrogen-bond acceptors (Lipinski definition) is 2. The number of hydrogen-bond donors (Lipinski definition) is 0. The number of furan rings is 1. The summed E-state index contributed by atoms with van der Waals surface area (Å²) in [6.45, 7) is 14.6. The molecule has 1 heterocycles. The Morgan fingerprint density at radius 3 is 1.36 bits per heavy atom. The molecule has 0 aliphatic rings. The molecule has 1 aromatic heterocycles. The fourth-order valence-electron chi connectivity index (χ4n) is 7.76. The molecule has 0 radical (unpaired) electrons. The molecule has 0 spiro atoms. The summed E-state index contributed by atoms with van der Waals surface area (Å²) < 4.78 is 6.78. The smallest absolute Gasteiger partial charge is 0.159 e. The molecule has 0 bridgehead atoms. The zero-order valence-corrected chi connectivity index (χ0v) is 31.6. The van der Waals surface area contributed by atoms with Gasteiger partial charge < -0.3 is 9.32 Å². The van der Waals surface area contributed by atoms with E-state index in [2.05, 4.69) is 184 Å². The van der Waals surface area contributed by atoms with Crippen LogP contribution >= 0.6 is 0 Å². The lowest BCUT2D eigenvalue weighted by atomic mass is 9.96. The van der Waals surface area contributed by atoms with Gasteiger partial charge in [0.05, 0.1) is 33.2 Å². The SMILES string of the molecule is C[Si](C)(C)c1ccc2cc(N(c3cc4ccc([Si](C)(C)C)cc4c4ccccc34)c3cccc4c3oc3ccccc34)c3ccccc3c2c1. The summed E-state index contributed by atoms with van der Waals surface area (Å²) >= 11 is 0. The van der Waals surface area contributed by atoms with Crippen LogP contribution in [-0.4, -0.2) is 16.1 Å². The van der Waals surface area contributed by atoms with E-state index in [1.54, 1.807) is 0 Å². The molecule has 0 fully saturated rings. The lowest BCUT2D eigenvalue weighted by Crippen LogP contribution is -2.37. The Hall–Kier alpha value is -5.17. The van der Waals surface area contributed by atoms with Crippen LogP contribution in [0.4, 0.5) is 17.1 Å². The predicted octanol–water partition coefficient (Wildman–Crippen LogP) is 12.8. The Labute approximate surface area is 295 Å².